The normalized spacial score (nSPS) is 10.9. The molecule has 0 atom stereocenters. The number of rotatable bonds is 7. The topological polar surface area (TPSA) is 107 Å². The smallest absolute Gasteiger partial charge is 0.317 e. The first-order chi connectivity index (χ1) is 13.5. The zero-order valence-electron chi connectivity index (χ0n) is 16.3. The van der Waals surface area contributed by atoms with Gasteiger partial charge in [0.15, 0.2) is 11.6 Å². The molecule has 9 nitrogen and oxygen atoms in total. The number of hydrogen-bond donors (Lipinski definition) is 1. The van der Waals surface area contributed by atoms with Gasteiger partial charge in [0, 0.05) is 24.6 Å². The van der Waals surface area contributed by atoms with Gasteiger partial charge in [0.05, 0.1) is 20.2 Å². The molecule has 28 heavy (non-hydrogen) atoms. The molecule has 2 heterocycles. The Morgan fingerprint density at radius 1 is 1.25 bits per heavy atom. The van der Waals surface area contributed by atoms with Crippen LogP contribution in [0.5, 0.6) is 5.75 Å². The third kappa shape index (κ3) is 4.67. The fourth-order valence-corrected chi connectivity index (χ4v) is 2.46. The number of urea groups is 1. The molecule has 3 aromatic rings. The maximum Gasteiger partial charge on any atom is 0.317 e. The summed E-state index contributed by atoms with van der Waals surface area (Å²) in [5.74, 6) is 2.43. The molecular weight excluding hydrogens is 362 g/mol. The van der Waals surface area contributed by atoms with E-state index in [0.29, 0.717) is 23.2 Å². The molecule has 3 rings (SSSR count). The van der Waals surface area contributed by atoms with E-state index in [-0.39, 0.29) is 25.0 Å². The lowest BCUT2D eigenvalue weighted by molar-refractivity contribution is 0.203. The quantitative estimate of drug-likeness (QED) is 0.665. The lowest BCUT2D eigenvalue weighted by atomic mass is 10.1. The average molecular weight is 385 g/mol. The summed E-state index contributed by atoms with van der Waals surface area (Å²) in [5.41, 5.74) is 1.54. The predicted molar refractivity (Wildman–Crippen MR) is 101 cm³/mol. The number of nitrogens with zero attached hydrogens (tertiary/aromatic N) is 4. The maximum atomic E-state index is 12.3. The first kappa shape index (κ1) is 19.4. The maximum absolute atomic E-state index is 12.3. The first-order valence-electron chi connectivity index (χ1n) is 8.87. The van der Waals surface area contributed by atoms with E-state index >= 15 is 0 Å². The van der Waals surface area contributed by atoms with Gasteiger partial charge in [-0.1, -0.05) is 36.3 Å². The number of aromatic nitrogens is 3. The largest absolute Gasteiger partial charge is 0.497 e. The first-order valence-corrected chi connectivity index (χ1v) is 8.87. The predicted octanol–water partition coefficient (Wildman–Crippen LogP) is 3.20. The van der Waals surface area contributed by atoms with E-state index in [2.05, 4.69) is 20.6 Å². The van der Waals surface area contributed by atoms with Crippen LogP contribution in [-0.2, 0) is 13.1 Å². The molecule has 0 aliphatic rings. The van der Waals surface area contributed by atoms with Gasteiger partial charge in [0.2, 0.25) is 5.89 Å². The van der Waals surface area contributed by atoms with Gasteiger partial charge >= 0.3 is 6.03 Å². The average Bonchev–Trinajstić information content (AvgIpc) is 3.35. The molecule has 2 amide bonds. The van der Waals surface area contributed by atoms with E-state index in [9.17, 15) is 4.79 Å². The molecule has 2 aromatic heterocycles. The summed E-state index contributed by atoms with van der Waals surface area (Å²) in [5, 5.41) is 10.7. The highest BCUT2D eigenvalue weighted by Crippen LogP contribution is 2.23. The Hall–Kier alpha value is -3.36. The fourth-order valence-electron chi connectivity index (χ4n) is 2.46. The van der Waals surface area contributed by atoms with Crippen LogP contribution < -0.4 is 10.1 Å². The van der Waals surface area contributed by atoms with Crippen LogP contribution in [-0.4, -0.2) is 40.4 Å². The van der Waals surface area contributed by atoms with Gasteiger partial charge in [-0.05, 0) is 12.1 Å². The SMILES string of the molecule is COc1cccc(-c2cc(CNC(=O)N(C)Cc3noc(C(C)C)n3)on2)c1. The number of methoxy groups -OCH3 is 1. The van der Waals surface area contributed by atoms with Gasteiger partial charge in [-0.3, -0.25) is 0 Å². The Balaban J connectivity index is 1.54. The number of carbonyl (C=O) groups is 1. The molecule has 1 N–H and O–H groups in total. The number of benzene rings is 1. The van der Waals surface area contributed by atoms with Crippen molar-refractivity contribution in [1.82, 2.24) is 25.5 Å². The Morgan fingerprint density at radius 2 is 2.07 bits per heavy atom. The van der Waals surface area contributed by atoms with Crippen LogP contribution in [0.3, 0.4) is 0 Å². The Bertz CT molecular complexity index is 934. The highest BCUT2D eigenvalue weighted by atomic mass is 16.5. The van der Waals surface area contributed by atoms with Crippen molar-refractivity contribution < 1.29 is 18.6 Å². The van der Waals surface area contributed by atoms with E-state index < -0.39 is 0 Å². The summed E-state index contributed by atoms with van der Waals surface area (Å²) in [7, 11) is 3.26. The van der Waals surface area contributed by atoms with Crippen LogP contribution in [0.2, 0.25) is 0 Å². The summed E-state index contributed by atoms with van der Waals surface area (Å²) in [6, 6.07) is 9.01. The molecule has 0 aliphatic carbocycles. The van der Waals surface area contributed by atoms with Crippen LogP contribution in [0.25, 0.3) is 11.3 Å². The van der Waals surface area contributed by atoms with Crippen LogP contribution >= 0.6 is 0 Å². The molecule has 148 valence electrons. The van der Waals surface area contributed by atoms with Gasteiger partial charge in [-0.15, -0.1) is 0 Å². The Kier molecular flexibility index (Phi) is 5.93. The molecule has 0 unspecified atom stereocenters. The van der Waals surface area contributed by atoms with Gasteiger partial charge in [-0.25, -0.2) is 4.79 Å². The van der Waals surface area contributed by atoms with Gasteiger partial charge in [-0.2, -0.15) is 4.98 Å². The molecule has 0 fully saturated rings. The second kappa shape index (κ2) is 8.55. The van der Waals surface area contributed by atoms with Crippen molar-refractivity contribution in [3.05, 3.63) is 47.8 Å². The monoisotopic (exact) mass is 385 g/mol. The second-order valence-corrected chi connectivity index (χ2v) is 6.63. The number of carbonyl (C=O) groups excluding carboxylic acids is 1. The molecule has 0 bridgehead atoms. The summed E-state index contributed by atoms with van der Waals surface area (Å²) in [4.78, 5) is 18.0. The van der Waals surface area contributed by atoms with Crippen molar-refractivity contribution in [3.8, 4) is 17.0 Å². The summed E-state index contributed by atoms with van der Waals surface area (Å²) >= 11 is 0. The second-order valence-electron chi connectivity index (χ2n) is 6.63. The standard InChI is InChI=1S/C19H23N5O4/c1-12(2)18-21-17(23-28-18)11-24(3)19(25)20-10-15-9-16(22-27-15)13-6-5-7-14(8-13)26-4/h5-9,12H,10-11H2,1-4H3,(H,20,25). The molecule has 0 radical (unpaired) electrons. The fraction of sp³-hybridized carbons (Fsp3) is 0.368. The van der Waals surface area contributed by atoms with Crippen molar-refractivity contribution in [2.24, 2.45) is 0 Å². The van der Waals surface area contributed by atoms with Crippen molar-refractivity contribution in [2.75, 3.05) is 14.2 Å². The van der Waals surface area contributed by atoms with E-state index in [1.807, 2.05) is 38.1 Å². The number of ether oxygens (including phenoxy) is 1. The Morgan fingerprint density at radius 3 is 2.79 bits per heavy atom. The van der Waals surface area contributed by atoms with Gasteiger partial charge < -0.3 is 24.0 Å². The van der Waals surface area contributed by atoms with Gasteiger partial charge in [0.1, 0.15) is 11.4 Å². The third-order valence-electron chi connectivity index (χ3n) is 4.04. The van der Waals surface area contributed by atoms with Crippen LogP contribution in [0, 0.1) is 0 Å². The van der Waals surface area contributed by atoms with Crippen molar-refractivity contribution in [1.29, 1.82) is 0 Å². The minimum atomic E-state index is -0.282. The third-order valence-corrected chi connectivity index (χ3v) is 4.04. The minimum Gasteiger partial charge on any atom is -0.497 e. The van der Waals surface area contributed by atoms with Crippen molar-refractivity contribution >= 4 is 6.03 Å². The zero-order valence-corrected chi connectivity index (χ0v) is 16.3. The van der Waals surface area contributed by atoms with Crippen molar-refractivity contribution in [2.45, 2.75) is 32.9 Å². The van der Waals surface area contributed by atoms with Crippen LogP contribution in [0.15, 0.2) is 39.4 Å². The number of amides is 2. The molecule has 0 spiro atoms. The molecule has 1 aromatic carbocycles. The molecule has 9 heteroatoms. The van der Waals surface area contributed by atoms with Gasteiger partial charge in [0.25, 0.3) is 0 Å². The van der Waals surface area contributed by atoms with E-state index in [1.54, 1.807) is 20.2 Å². The molecule has 0 aliphatic heterocycles. The van der Waals surface area contributed by atoms with Crippen molar-refractivity contribution in [3.63, 3.8) is 0 Å². The zero-order chi connectivity index (χ0) is 20.1. The van der Waals surface area contributed by atoms with E-state index in [0.717, 1.165) is 11.3 Å². The molecule has 0 saturated carbocycles. The van der Waals surface area contributed by atoms with Crippen LogP contribution in [0.4, 0.5) is 4.79 Å². The Labute approximate surface area is 162 Å². The van der Waals surface area contributed by atoms with E-state index in [4.69, 9.17) is 13.8 Å². The molecule has 0 saturated heterocycles. The summed E-state index contributed by atoms with van der Waals surface area (Å²) in [6.45, 7) is 4.38. The highest BCUT2D eigenvalue weighted by molar-refractivity contribution is 5.73. The lowest BCUT2D eigenvalue weighted by Gasteiger charge is -2.15. The summed E-state index contributed by atoms with van der Waals surface area (Å²) in [6.07, 6.45) is 0. The number of nitrogens with one attached hydrogen (secondary N) is 1. The molecular formula is C19H23N5O4. The highest BCUT2D eigenvalue weighted by Gasteiger charge is 2.16. The summed E-state index contributed by atoms with van der Waals surface area (Å²) < 4.78 is 15.7. The minimum absolute atomic E-state index is 0.144. The number of hydrogen-bond acceptors (Lipinski definition) is 7. The van der Waals surface area contributed by atoms with Crippen LogP contribution in [0.1, 0.15) is 37.2 Å². The van der Waals surface area contributed by atoms with E-state index in [1.165, 1.54) is 4.90 Å². The lowest BCUT2D eigenvalue weighted by Crippen LogP contribution is -2.36.